The van der Waals surface area contributed by atoms with E-state index in [1.54, 1.807) is 6.07 Å². The van der Waals surface area contributed by atoms with Crippen LogP contribution in [-0.4, -0.2) is 29.7 Å². The van der Waals surface area contributed by atoms with Crippen LogP contribution in [0.2, 0.25) is 0 Å². The highest BCUT2D eigenvalue weighted by Crippen LogP contribution is 2.45. The summed E-state index contributed by atoms with van der Waals surface area (Å²) in [4.78, 5) is 15.2. The Morgan fingerprint density at radius 3 is 2.22 bits per heavy atom. The Hall–Kier alpha value is -3.54. The Morgan fingerprint density at radius 1 is 0.919 bits per heavy atom. The van der Waals surface area contributed by atoms with Crippen LogP contribution in [0.25, 0.3) is 16.7 Å². The molecular weight excluding hydrogens is 475 g/mol. The van der Waals surface area contributed by atoms with E-state index in [1.807, 2.05) is 35.2 Å². The number of nitrogens with zero attached hydrogens (tertiary/aromatic N) is 1. The Labute approximate surface area is 214 Å². The zero-order chi connectivity index (χ0) is 25.7. The minimum absolute atomic E-state index is 0.0140. The second kappa shape index (κ2) is 9.09. The lowest BCUT2D eigenvalue weighted by atomic mass is 9.81. The van der Waals surface area contributed by atoms with Crippen molar-refractivity contribution in [1.29, 1.82) is 0 Å². The van der Waals surface area contributed by atoms with Crippen LogP contribution in [0.5, 0.6) is 0 Å². The van der Waals surface area contributed by atoms with Gasteiger partial charge in [-0.05, 0) is 77.6 Å². The van der Waals surface area contributed by atoms with Gasteiger partial charge < -0.3 is 4.74 Å². The molecule has 1 aliphatic carbocycles. The third-order valence-corrected chi connectivity index (χ3v) is 8.17. The van der Waals surface area contributed by atoms with Gasteiger partial charge >= 0.3 is 12.3 Å². The average molecular weight is 504 g/mol. The fraction of sp³-hybridized carbons (Fsp3) is 0.323. The van der Waals surface area contributed by atoms with Gasteiger partial charge in [-0.2, -0.15) is 13.2 Å². The van der Waals surface area contributed by atoms with Crippen LogP contribution in [0.1, 0.15) is 59.4 Å². The number of ether oxygens (including phenoxy) is 1. The number of piperidine rings is 1. The lowest BCUT2D eigenvalue weighted by molar-refractivity contribution is -0.138. The van der Waals surface area contributed by atoms with E-state index in [0.29, 0.717) is 12.0 Å². The molecule has 2 unspecified atom stereocenters. The number of hydrogen-bond acceptors (Lipinski definition) is 2. The summed E-state index contributed by atoms with van der Waals surface area (Å²) in [6, 6.07) is 20.6. The summed E-state index contributed by atoms with van der Waals surface area (Å²) in [6.45, 7) is 1.79. The molecule has 37 heavy (non-hydrogen) atoms. The van der Waals surface area contributed by atoms with Crippen molar-refractivity contribution in [3.63, 3.8) is 0 Å². The van der Waals surface area contributed by atoms with Crippen LogP contribution < -0.4 is 0 Å². The molecule has 2 heterocycles. The van der Waals surface area contributed by atoms with Gasteiger partial charge in [0.2, 0.25) is 0 Å². The van der Waals surface area contributed by atoms with Gasteiger partial charge in [0, 0.05) is 12.0 Å². The highest BCUT2D eigenvalue weighted by atomic mass is 19.4. The normalized spacial score (nSPS) is 20.8. The quantitative estimate of drug-likeness (QED) is 0.363. The van der Waals surface area contributed by atoms with Gasteiger partial charge in [0.25, 0.3) is 0 Å². The van der Waals surface area contributed by atoms with Crippen LogP contribution in [0.4, 0.5) is 18.0 Å². The molecule has 3 nitrogen and oxygen atoms in total. The average Bonchev–Trinajstić information content (AvgIpc) is 3.19. The van der Waals surface area contributed by atoms with E-state index in [9.17, 15) is 18.0 Å². The monoisotopic (exact) mass is 503 g/mol. The highest BCUT2D eigenvalue weighted by molar-refractivity contribution is 5.79. The Bertz CT molecular complexity index is 1350. The first-order valence-electron chi connectivity index (χ1n) is 12.8. The van der Waals surface area contributed by atoms with Crippen molar-refractivity contribution in [1.82, 2.24) is 4.90 Å². The van der Waals surface area contributed by atoms with Crippen LogP contribution in [-0.2, 0) is 10.9 Å². The van der Waals surface area contributed by atoms with Crippen LogP contribution in [0.3, 0.4) is 0 Å². The maximum atomic E-state index is 13.5. The van der Waals surface area contributed by atoms with Crippen molar-refractivity contribution in [3.8, 4) is 11.1 Å². The number of amides is 1. The third kappa shape index (κ3) is 4.12. The molecule has 3 aromatic rings. The van der Waals surface area contributed by atoms with Crippen LogP contribution in [0, 0.1) is 6.92 Å². The molecule has 0 N–H and O–H groups in total. The van der Waals surface area contributed by atoms with Gasteiger partial charge in [0.15, 0.2) is 0 Å². The van der Waals surface area contributed by atoms with E-state index in [-0.39, 0.29) is 36.3 Å². The number of alkyl halides is 3. The minimum Gasteiger partial charge on any atom is -0.448 e. The van der Waals surface area contributed by atoms with Crippen molar-refractivity contribution in [2.45, 2.75) is 56.8 Å². The fourth-order valence-corrected chi connectivity index (χ4v) is 6.47. The van der Waals surface area contributed by atoms with Gasteiger partial charge in [-0.3, -0.25) is 4.90 Å². The molecule has 2 bridgehead atoms. The first kappa shape index (κ1) is 23.8. The van der Waals surface area contributed by atoms with Gasteiger partial charge in [-0.1, -0.05) is 66.7 Å². The van der Waals surface area contributed by atoms with E-state index >= 15 is 0 Å². The van der Waals surface area contributed by atoms with E-state index in [0.717, 1.165) is 42.0 Å². The predicted molar refractivity (Wildman–Crippen MR) is 137 cm³/mol. The summed E-state index contributed by atoms with van der Waals surface area (Å²) in [6.07, 6.45) is 0.361. The SMILES string of the molecule is Cc1c(C2=CC3CCCC(C2)N3C(=O)OCC2c3ccccc3-c3ccccc32)cccc1C(F)(F)F. The van der Waals surface area contributed by atoms with E-state index in [2.05, 4.69) is 24.3 Å². The lowest BCUT2D eigenvalue weighted by Gasteiger charge is -2.44. The first-order valence-corrected chi connectivity index (χ1v) is 12.8. The molecule has 1 saturated heterocycles. The number of carbonyl (C=O) groups is 1. The Kier molecular flexibility index (Phi) is 5.85. The molecule has 2 aliphatic heterocycles. The van der Waals surface area contributed by atoms with Gasteiger partial charge in [-0.15, -0.1) is 0 Å². The van der Waals surface area contributed by atoms with E-state index < -0.39 is 11.7 Å². The summed E-state index contributed by atoms with van der Waals surface area (Å²) in [7, 11) is 0. The maximum absolute atomic E-state index is 13.5. The lowest BCUT2D eigenvalue weighted by Crippen LogP contribution is -2.52. The molecule has 0 aromatic heterocycles. The molecule has 190 valence electrons. The smallest absolute Gasteiger partial charge is 0.416 e. The van der Waals surface area contributed by atoms with Crippen LogP contribution in [0.15, 0.2) is 72.8 Å². The minimum atomic E-state index is -4.39. The molecule has 0 saturated carbocycles. The number of carbonyl (C=O) groups excluding carboxylic acids is 1. The van der Waals surface area contributed by atoms with Crippen molar-refractivity contribution in [2.75, 3.05) is 6.61 Å². The molecule has 2 atom stereocenters. The molecule has 0 radical (unpaired) electrons. The maximum Gasteiger partial charge on any atom is 0.416 e. The topological polar surface area (TPSA) is 29.5 Å². The summed E-state index contributed by atoms with van der Waals surface area (Å²) in [5.74, 6) is -0.0140. The van der Waals surface area contributed by atoms with Gasteiger partial charge in [0.1, 0.15) is 6.61 Å². The molecule has 3 aromatic carbocycles. The van der Waals surface area contributed by atoms with E-state index in [1.165, 1.54) is 24.1 Å². The van der Waals surface area contributed by atoms with Crippen molar-refractivity contribution in [2.24, 2.45) is 0 Å². The molecule has 0 spiro atoms. The molecule has 1 fully saturated rings. The number of hydrogen-bond donors (Lipinski definition) is 0. The van der Waals surface area contributed by atoms with E-state index in [4.69, 9.17) is 4.74 Å². The Morgan fingerprint density at radius 2 is 1.57 bits per heavy atom. The largest absolute Gasteiger partial charge is 0.448 e. The second-order valence-corrected chi connectivity index (χ2v) is 10.2. The number of rotatable bonds is 3. The number of fused-ring (bicyclic) bond motifs is 5. The summed E-state index contributed by atoms with van der Waals surface area (Å²) in [5.41, 5.74) is 5.84. The zero-order valence-electron chi connectivity index (χ0n) is 20.6. The molecule has 3 aliphatic rings. The Balaban J connectivity index is 1.23. The van der Waals surface area contributed by atoms with Gasteiger partial charge in [-0.25, -0.2) is 4.79 Å². The van der Waals surface area contributed by atoms with Crippen molar-refractivity contribution < 1.29 is 22.7 Å². The van der Waals surface area contributed by atoms with Crippen molar-refractivity contribution >= 4 is 11.7 Å². The second-order valence-electron chi connectivity index (χ2n) is 10.2. The van der Waals surface area contributed by atoms with Crippen LogP contribution >= 0.6 is 0 Å². The van der Waals surface area contributed by atoms with Gasteiger partial charge in [0.05, 0.1) is 11.6 Å². The number of benzene rings is 3. The van der Waals surface area contributed by atoms with Crippen molar-refractivity contribution in [3.05, 3.63) is 101 Å². The standard InChI is InChI=1S/C31H28F3NO2/c1-19-23(14-7-15-29(19)31(32,33)34)20-16-21-8-6-9-22(17-20)35(21)30(36)37-18-28-26-12-4-2-10-24(26)25-11-3-5-13-27(25)28/h2-5,7,10-16,21-22,28H,6,8-9,17-18H2,1H3. The molecular formula is C31H28F3NO2. The number of halogens is 3. The summed E-state index contributed by atoms with van der Waals surface area (Å²) >= 11 is 0. The zero-order valence-corrected chi connectivity index (χ0v) is 20.6. The predicted octanol–water partition coefficient (Wildman–Crippen LogP) is 7.97. The first-order chi connectivity index (χ1) is 17.8. The summed E-state index contributed by atoms with van der Waals surface area (Å²) < 4.78 is 46.5. The molecule has 1 amide bonds. The fourth-order valence-electron chi connectivity index (χ4n) is 6.47. The molecule has 6 rings (SSSR count). The summed E-state index contributed by atoms with van der Waals surface area (Å²) in [5, 5.41) is 0. The highest BCUT2D eigenvalue weighted by Gasteiger charge is 2.40. The third-order valence-electron chi connectivity index (χ3n) is 8.17. The molecule has 6 heteroatoms.